The second-order valence-electron chi connectivity index (χ2n) is 6.87. The first-order chi connectivity index (χ1) is 9.39. The summed E-state index contributed by atoms with van der Waals surface area (Å²) in [6.07, 6.45) is 4.74. The maximum absolute atomic E-state index is 12.4. The Bertz CT molecular complexity index is 436. The topological polar surface area (TPSA) is 55.1 Å². The number of hydrogen-bond acceptors (Lipinski definition) is 3. The molecule has 1 aliphatic carbocycles. The van der Waals surface area contributed by atoms with Crippen LogP contribution in [0.3, 0.4) is 0 Å². The molecule has 1 aliphatic rings. The fraction of sp³-hybridized carbons (Fsp3) is 0.688. The number of hydrogen-bond donors (Lipinski definition) is 2. The van der Waals surface area contributed by atoms with Crippen LogP contribution in [-0.4, -0.2) is 11.9 Å². The first-order valence-corrected chi connectivity index (χ1v) is 8.37. The van der Waals surface area contributed by atoms with Gasteiger partial charge in [0.15, 0.2) is 0 Å². The summed E-state index contributed by atoms with van der Waals surface area (Å²) in [6.45, 7) is 6.80. The van der Waals surface area contributed by atoms with E-state index in [0.717, 1.165) is 11.3 Å². The summed E-state index contributed by atoms with van der Waals surface area (Å²) in [7, 11) is 0. The summed E-state index contributed by atoms with van der Waals surface area (Å²) in [5.74, 6) is 0.504. The minimum atomic E-state index is -0.530. The summed E-state index contributed by atoms with van der Waals surface area (Å²) < 4.78 is 0. The van der Waals surface area contributed by atoms with Crippen molar-refractivity contribution in [3.8, 4) is 0 Å². The van der Waals surface area contributed by atoms with E-state index in [2.05, 4.69) is 26.1 Å². The number of rotatable bonds is 3. The van der Waals surface area contributed by atoms with Crippen LogP contribution in [0, 0.1) is 11.3 Å². The van der Waals surface area contributed by atoms with E-state index in [1.54, 1.807) is 11.3 Å². The molecule has 20 heavy (non-hydrogen) atoms. The molecule has 0 aliphatic heterocycles. The van der Waals surface area contributed by atoms with E-state index < -0.39 is 6.04 Å². The molecule has 1 aromatic heterocycles. The van der Waals surface area contributed by atoms with Gasteiger partial charge in [0.1, 0.15) is 6.04 Å². The van der Waals surface area contributed by atoms with Gasteiger partial charge in [-0.1, -0.05) is 39.7 Å². The van der Waals surface area contributed by atoms with E-state index in [4.69, 9.17) is 5.73 Å². The Labute approximate surface area is 125 Å². The van der Waals surface area contributed by atoms with Crippen molar-refractivity contribution >= 4 is 17.2 Å². The molecule has 2 rings (SSSR count). The monoisotopic (exact) mass is 294 g/mol. The maximum Gasteiger partial charge on any atom is 0.242 e. The van der Waals surface area contributed by atoms with Gasteiger partial charge in [0.25, 0.3) is 0 Å². The van der Waals surface area contributed by atoms with Crippen molar-refractivity contribution in [3.63, 3.8) is 0 Å². The minimum absolute atomic E-state index is 0.0337. The molecule has 1 aromatic rings. The number of thiophene rings is 1. The molecule has 0 bridgehead atoms. The van der Waals surface area contributed by atoms with Gasteiger partial charge in [0.2, 0.25) is 5.91 Å². The SMILES string of the molecule is CC(C)(C)C1CCCCC1NC(=O)C(N)c1cccs1. The first-order valence-electron chi connectivity index (χ1n) is 7.49. The van der Waals surface area contributed by atoms with Gasteiger partial charge in [-0.05, 0) is 35.6 Å². The summed E-state index contributed by atoms with van der Waals surface area (Å²) >= 11 is 1.54. The first kappa shape index (κ1) is 15.5. The van der Waals surface area contributed by atoms with Crippen molar-refractivity contribution in [1.29, 1.82) is 0 Å². The molecule has 3 atom stereocenters. The van der Waals surface area contributed by atoms with Crippen molar-refractivity contribution in [2.45, 2.75) is 58.5 Å². The lowest BCUT2D eigenvalue weighted by atomic mass is 9.69. The van der Waals surface area contributed by atoms with E-state index in [9.17, 15) is 4.79 Å². The van der Waals surface area contributed by atoms with Crippen LogP contribution in [0.1, 0.15) is 57.4 Å². The van der Waals surface area contributed by atoms with Gasteiger partial charge in [0.05, 0.1) is 0 Å². The number of carbonyl (C=O) groups is 1. The van der Waals surface area contributed by atoms with Crippen molar-refractivity contribution < 1.29 is 4.79 Å². The molecular formula is C16H26N2OS. The fourth-order valence-corrected chi connectivity index (χ4v) is 3.94. The highest BCUT2D eigenvalue weighted by molar-refractivity contribution is 7.10. The molecule has 0 aromatic carbocycles. The summed E-state index contributed by atoms with van der Waals surface area (Å²) in [5, 5.41) is 5.17. The Morgan fingerprint density at radius 2 is 2.10 bits per heavy atom. The molecular weight excluding hydrogens is 268 g/mol. The van der Waals surface area contributed by atoms with Crippen LogP contribution in [0.25, 0.3) is 0 Å². The zero-order valence-corrected chi connectivity index (χ0v) is 13.5. The van der Waals surface area contributed by atoms with Crippen molar-refractivity contribution in [3.05, 3.63) is 22.4 Å². The molecule has 3 N–H and O–H groups in total. The van der Waals surface area contributed by atoms with Gasteiger partial charge < -0.3 is 11.1 Å². The summed E-state index contributed by atoms with van der Waals surface area (Å²) in [5.41, 5.74) is 6.28. The molecule has 1 heterocycles. The third-order valence-corrected chi connectivity index (χ3v) is 5.29. The van der Waals surface area contributed by atoms with Crippen LogP contribution in [0.2, 0.25) is 0 Å². The highest BCUT2D eigenvalue weighted by Gasteiger charge is 2.35. The average molecular weight is 294 g/mol. The van der Waals surface area contributed by atoms with E-state index in [1.165, 1.54) is 19.3 Å². The Morgan fingerprint density at radius 3 is 2.70 bits per heavy atom. The predicted molar refractivity (Wildman–Crippen MR) is 84.6 cm³/mol. The molecule has 4 heteroatoms. The van der Waals surface area contributed by atoms with Crippen LogP contribution in [0.5, 0.6) is 0 Å². The van der Waals surface area contributed by atoms with Gasteiger partial charge in [-0.3, -0.25) is 4.79 Å². The lowest BCUT2D eigenvalue weighted by molar-refractivity contribution is -0.124. The smallest absolute Gasteiger partial charge is 0.242 e. The Hall–Kier alpha value is -0.870. The molecule has 0 spiro atoms. The minimum Gasteiger partial charge on any atom is -0.351 e. The van der Waals surface area contributed by atoms with E-state index in [0.29, 0.717) is 5.92 Å². The maximum atomic E-state index is 12.4. The van der Waals surface area contributed by atoms with Crippen molar-refractivity contribution in [2.75, 3.05) is 0 Å². The third-order valence-electron chi connectivity index (χ3n) is 4.34. The molecule has 1 saturated carbocycles. The number of nitrogens with one attached hydrogen (secondary N) is 1. The van der Waals surface area contributed by atoms with Gasteiger partial charge in [-0.15, -0.1) is 11.3 Å². The van der Waals surface area contributed by atoms with Crippen LogP contribution < -0.4 is 11.1 Å². The molecule has 3 unspecified atom stereocenters. The van der Waals surface area contributed by atoms with Gasteiger partial charge in [0, 0.05) is 10.9 Å². The zero-order valence-electron chi connectivity index (χ0n) is 12.7. The normalized spacial score (nSPS) is 25.2. The highest BCUT2D eigenvalue weighted by atomic mass is 32.1. The van der Waals surface area contributed by atoms with E-state index >= 15 is 0 Å². The molecule has 3 nitrogen and oxygen atoms in total. The number of amides is 1. The van der Waals surface area contributed by atoms with Crippen LogP contribution in [-0.2, 0) is 4.79 Å². The Morgan fingerprint density at radius 1 is 1.40 bits per heavy atom. The van der Waals surface area contributed by atoms with Gasteiger partial charge in [-0.25, -0.2) is 0 Å². The van der Waals surface area contributed by atoms with Crippen LogP contribution in [0.4, 0.5) is 0 Å². The Balaban J connectivity index is 2.02. The lowest BCUT2D eigenvalue weighted by Crippen LogP contribution is -2.49. The fourth-order valence-electron chi connectivity index (χ4n) is 3.21. The summed E-state index contributed by atoms with van der Waals surface area (Å²) in [4.78, 5) is 13.3. The third kappa shape index (κ3) is 3.61. The second kappa shape index (κ2) is 6.27. The zero-order chi connectivity index (χ0) is 14.8. The number of carbonyl (C=O) groups excluding carboxylic acids is 1. The quantitative estimate of drug-likeness (QED) is 0.897. The molecule has 1 amide bonds. The molecule has 1 fully saturated rings. The lowest BCUT2D eigenvalue weighted by Gasteiger charge is -2.41. The standard InChI is InChI=1S/C16H26N2OS/c1-16(2,3)11-7-4-5-8-12(11)18-15(19)14(17)13-9-6-10-20-13/h6,9-12,14H,4-5,7-8,17H2,1-3H3,(H,18,19). The molecule has 0 saturated heterocycles. The van der Waals surface area contributed by atoms with Crippen molar-refractivity contribution in [2.24, 2.45) is 17.1 Å². The van der Waals surface area contributed by atoms with E-state index in [-0.39, 0.29) is 17.4 Å². The van der Waals surface area contributed by atoms with Crippen molar-refractivity contribution in [1.82, 2.24) is 5.32 Å². The largest absolute Gasteiger partial charge is 0.351 e. The van der Waals surface area contributed by atoms with Gasteiger partial charge >= 0.3 is 0 Å². The Kier molecular flexibility index (Phi) is 4.86. The van der Waals surface area contributed by atoms with Crippen LogP contribution in [0.15, 0.2) is 17.5 Å². The van der Waals surface area contributed by atoms with Crippen LogP contribution >= 0.6 is 11.3 Å². The summed E-state index contributed by atoms with van der Waals surface area (Å²) in [6, 6.07) is 3.60. The number of nitrogens with two attached hydrogens (primary N) is 1. The van der Waals surface area contributed by atoms with Gasteiger partial charge in [-0.2, -0.15) is 0 Å². The highest BCUT2D eigenvalue weighted by Crippen LogP contribution is 2.38. The predicted octanol–water partition coefficient (Wildman–Crippen LogP) is 3.47. The molecule has 112 valence electrons. The van der Waals surface area contributed by atoms with E-state index in [1.807, 2.05) is 17.5 Å². The average Bonchev–Trinajstić information content (AvgIpc) is 2.91. The molecule has 0 radical (unpaired) electrons. The second-order valence-corrected chi connectivity index (χ2v) is 7.84.